The Morgan fingerprint density at radius 1 is 1.08 bits per heavy atom. The summed E-state index contributed by atoms with van der Waals surface area (Å²) in [6.07, 6.45) is -4.45. The van der Waals surface area contributed by atoms with E-state index in [9.17, 15) is 22.4 Å². The van der Waals surface area contributed by atoms with Gasteiger partial charge in [0.05, 0.1) is 10.6 Å². The Labute approximate surface area is 142 Å². The Morgan fingerprint density at radius 3 is 2.33 bits per heavy atom. The van der Waals surface area contributed by atoms with Crippen molar-refractivity contribution in [2.75, 3.05) is 5.32 Å². The number of nitrogens with one attached hydrogen (secondary N) is 1. The number of thiophene rings is 1. The van der Waals surface area contributed by atoms with Crippen LogP contribution in [0.15, 0.2) is 42.5 Å². The minimum Gasteiger partial charge on any atom is -0.321 e. The van der Waals surface area contributed by atoms with E-state index in [4.69, 9.17) is 11.6 Å². The third-order valence-corrected chi connectivity index (χ3v) is 4.93. The van der Waals surface area contributed by atoms with Gasteiger partial charge in [0.15, 0.2) is 0 Å². The highest BCUT2D eigenvalue weighted by Crippen LogP contribution is 2.37. The van der Waals surface area contributed by atoms with E-state index in [1.54, 1.807) is 6.07 Å². The van der Waals surface area contributed by atoms with Crippen LogP contribution in [0.2, 0.25) is 5.02 Å². The van der Waals surface area contributed by atoms with Gasteiger partial charge in [-0.15, -0.1) is 11.3 Å². The molecule has 3 rings (SSSR count). The van der Waals surface area contributed by atoms with Crippen molar-refractivity contribution in [2.24, 2.45) is 0 Å². The van der Waals surface area contributed by atoms with Crippen molar-refractivity contribution in [3.8, 4) is 0 Å². The lowest BCUT2D eigenvalue weighted by Crippen LogP contribution is -2.11. The molecule has 1 heterocycles. The maximum Gasteiger partial charge on any atom is 0.416 e. The minimum absolute atomic E-state index is 0.0162. The number of alkyl halides is 3. The van der Waals surface area contributed by atoms with Crippen LogP contribution in [-0.2, 0) is 6.18 Å². The average molecular weight is 374 g/mol. The second kappa shape index (κ2) is 6.07. The van der Waals surface area contributed by atoms with Crippen LogP contribution >= 0.6 is 22.9 Å². The van der Waals surface area contributed by atoms with Gasteiger partial charge in [-0.2, -0.15) is 13.2 Å². The summed E-state index contributed by atoms with van der Waals surface area (Å²) < 4.78 is 51.9. The fourth-order valence-corrected chi connectivity index (χ4v) is 3.60. The number of hydrogen-bond acceptors (Lipinski definition) is 2. The second-order valence-corrected chi connectivity index (χ2v) is 6.32. The van der Waals surface area contributed by atoms with E-state index in [2.05, 4.69) is 5.32 Å². The van der Waals surface area contributed by atoms with Gasteiger partial charge in [-0.1, -0.05) is 17.7 Å². The van der Waals surface area contributed by atoms with Crippen LogP contribution in [0.3, 0.4) is 0 Å². The summed E-state index contributed by atoms with van der Waals surface area (Å²) in [4.78, 5) is 12.4. The van der Waals surface area contributed by atoms with E-state index in [1.807, 2.05) is 0 Å². The molecule has 0 aliphatic carbocycles. The molecule has 0 bridgehead atoms. The molecule has 1 amide bonds. The largest absolute Gasteiger partial charge is 0.416 e. The van der Waals surface area contributed by atoms with E-state index in [1.165, 1.54) is 12.1 Å². The molecule has 1 aromatic heterocycles. The van der Waals surface area contributed by atoms with Crippen LogP contribution in [0.5, 0.6) is 0 Å². The Balaban J connectivity index is 1.88. The van der Waals surface area contributed by atoms with Crippen molar-refractivity contribution >= 4 is 44.6 Å². The van der Waals surface area contributed by atoms with E-state index in [0.29, 0.717) is 4.70 Å². The number of rotatable bonds is 2. The molecule has 24 heavy (non-hydrogen) atoms. The monoisotopic (exact) mass is 373 g/mol. The number of benzene rings is 2. The molecule has 0 radical (unpaired) electrons. The lowest BCUT2D eigenvalue weighted by atomic mass is 10.2. The first-order valence-corrected chi connectivity index (χ1v) is 7.82. The fourth-order valence-electron chi connectivity index (χ4n) is 2.15. The van der Waals surface area contributed by atoms with E-state index in [0.717, 1.165) is 35.6 Å². The smallest absolute Gasteiger partial charge is 0.321 e. The number of carbonyl (C=O) groups excluding carboxylic acids is 1. The zero-order valence-electron chi connectivity index (χ0n) is 11.7. The second-order valence-electron chi connectivity index (χ2n) is 4.89. The lowest BCUT2D eigenvalue weighted by Gasteiger charge is -2.08. The van der Waals surface area contributed by atoms with Gasteiger partial charge in [-0.25, -0.2) is 4.39 Å². The molecule has 0 aliphatic rings. The van der Waals surface area contributed by atoms with Crippen molar-refractivity contribution < 1.29 is 22.4 Å². The van der Waals surface area contributed by atoms with Gasteiger partial charge >= 0.3 is 6.18 Å². The highest BCUT2D eigenvalue weighted by molar-refractivity contribution is 7.21. The van der Waals surface area contributed by atoms with Crippen LogP contribution in [0.4, 0.5) is 23.2 Å². The summed E-state index contributed by atoms with van der Waals surface area (Å²) in [6, 6.07) is 8.37. The fraction of sp³-hybridized carbons (Fsp3) is 0.0625. The molecule has 0 atom stereocenters. The number of halogens is 5. The lowest BCUT2D eigenvalue weighted by molar-refractivity contribution is -0.137. The summed E-state index contributed by atoms with van der Waals surface area (Å²) in [6.45, 7) is 0. The quantitative estimate of drug-likeness (QED) is 0.551. The van der Waals surface area contributed by atoms with E-state index < -0.39 is 23.5 Å². The normalized spacial score (nSPS) is 11.7. The Kier molecular flexibility index (Phi) is 4.23. The van der Waals surface area contributed by atoms with Gasteiger partial charge in [0, 0.05) is 15.8 Å². The van der Waals surface area contributed by atoms with Crippen molar-refractivity contribution in [2.45, 2.75) is 6.18 Å². The predicted octanol–water partition coefficient (Wildman–Crippen LogP) is 5.96. The standard InChI is InChI=1S/C16H8ClF4NOS/c17-13-12-10(18)2-1-3-11(12)24-14(13)15(23)22-9-6-4-8(5-7-9)16(19,20)21/h1-7H,(H,22,23). The number of amides is 1. The molecule has 8 heteroatoms. The van der Waals surface area contributed by atoms with Gasteiger partial charge in [-0.05, 0) is 36.4 Å². The minimum atomic E-state index is -4.45. The number of anilines is 1. The summed E-state index contributed by atoms with van der Waals surface area (Å²) in [7, 11) is 0. The third kappa shape index (κ3) is 3.09. The van der Waals surface area contributed by atoms with E-state index >= 15 is 0 Å². The van der Waals surface area contributed by atoms with E-state index in [-0.39, 0.29) is 21.0 Å². The summed E-state index contributed by atoms with van der Waals surface area (Å²) >= 11 is 7.08. The molecule has 2 aromatic carbocycles. The van der Waals surface area contributed by atoms with Crippen molar-refractivity contribution in [1.29, 1.82) is 0 Å². The van der Waals surface area contributed by atoms with Crippen LogP contribution in [-0.4, -0.2) is 5.91 Å². The zero-order valence-corrected chi connectivity index (χ0v) is 13.3. The molecule has 3 aromatic rings. The van der Waals surface area contributed by atoms with Crippen molar-refractivity contribution in [1.82, 2.24) is 0 Å². The van der Waals surface area contributed by atoms with Gasteiger partial charge in [0.1, 0.15) is 10.7 Å². The first-order valence-electron chi connectivity index (χ1n) is 6.62. The highest BCUT2D eigenvalue weighted by atomic mass is 35.5. The Hall–Kier alpha value is -2.12. The number of fused-ring (bicyclic) bond motifs is 1. The first kappa shape index (κ1) is 16.7. The SMILES string of the molecule is O=C(Nc1ccc(C(F)(F)F)cc1)c1sc2cccc(F)c2c1Cl. The molecule has 0 aliphatic heterocycles. The topological polar surface area (TPSA) is 29.1 Å². The summed E-state index contributed by atoms with van der Waals surface area (Å²) in [5.74, 6) is -1.15. The summed E-state index contributed by atoms with van der Waals surface area (Å²) in [5, 5.41) is 2.59. The van der Waals surface area contributed by atoms with Gasteiger partial charge in [0.2, 0.25) is 0 Å². The molecule has 0 fully saturated rings. The number of carbonyl (C=O) groups is 1. The van der Waals surface area contributed by atoms with Crippen LogP contribution in [0.1, 0.15) is 15.2 Å². The number of hydrogen-bond donors (Lipinski definition) is 1. The molecule has 0 saturated heterocycles. The molecular weight excluding hydrogens is 366 g/mol. The summed E-state index contributed by atoms with van der Waals surface area (Å²) in [5.41, 5.74) is -0.635. The van der Waals surface area contributed by atoms with Gasteiger partial charge in [0.25, 0.3) is 5.91 Å². The van der Waals surface area contributed by atoms with Gasteiger partial charge in [-0.3, -0.25) is 4.79 Å². The molecule has 124 valence electrons. The van der Waals surface area contributed by atoms with Crippen LogP contribution in [0, 0.1) is 5.82 Å². The maximum atomic E-state index is 13.8. The molecule has 1 N–H and O–H groups in total. The Bertz CT molecular complexity index is 918. The maximum absolute atomic E-state index is 13.8. The molecule has 2 nitrogen and oxygen atoms in total. The third-order valence-electron chi connectivity index (χ3n) is 3.28. The first-order chi connectivity index (χ1) is 11.3. The Morgan fingerprint density at radius 2 is 1.75 bits per heavy atom. The predicted molar refractivity (Wildman–Crippen MR) is 86.2 cm³/mol. The van der Waals surface area contributed by atoms with Crippen molar-refractivity contribution in [3.05, 3.63) is 63.7 Å². The van der Waals surface area contributed by atoms with Gasteiger partial charge < -0.3 is 5.32 Å². The molecule has 0 spiro atoms. The molecule has 0 saturated carbocycles. The molecular formula is C16H8ClF4NOS. The zero-order chi connectivity index (χ0) is 17.5. The average Bonchev–Trinajstić information content (AvgIpc) is 2.85. The van der Waals surface area contributed by atoms with Crippen molar-refractivity contribution in [3.63, 3.8) is 0 Å². The van der Waals surface area contributed by atoms with Crippen LogP contribution < -0.4 is 5.32 Å². The highest BCUT2D eigenvalue weighted by Gasteiger charge is 2.30. The van der Waals surface area contributed by atoms with Crippen LogP contribution in [0.25, 0.3) is 10.1 Å². The molecule has 0 unspecified atom stereocenters.